The predicted molar refractivity (Wildman–Crippen MR) is 114 cm³/mol. The van der Waals surface area contributed by atoms with Gasteiger partial charge >= 0.3 is 0 Å². The molecular formula is C22H25ClN2O5. The number of benzene rings is 2. The number of hydrogen-bond donors (Lipinski definition) is 3. The zero-order chi connectivity index (χ0) is 21.3. The lowest BCUT2D eigenvalue weighted by atomic mass is 9.97. The normalized spacial score (nSPS) is 15.8. The lowest BCUT2D eigenvalue weighted by Crippen LogP contribution is -2.30. The summed E-state index contributed by atoms with van der Waals surface area (Å²) in [5, 5.41) is 12.2. The van der Waals surface area contributed by atoms with E-state index in [0.29, 0.717) is 41.8 Å². The molecule has 0 spiro atoms. The van der Waals surface area contributed by atoms with Crippen LogP contribution in [-0.2, 0) is 14.4 Å². The summed E-state index contributed by atoms with van der Waals surface area (Å²) in [4.78, 5) is 18.9. The van der Waals surface area contributed by atoms with Crippen LogP contribution in [0.2, 0.25) is 5.02 Å². The van der Waals surface area contributed by atoms with E-state index in [0.717, 1.165) is 11.1 Å². The third kappa shape index (κ3) is 5.52. The molecule has 1 aliphatic rings. The van der Waals surface area contributed by atoms with E-state index in [1.54, 1.807) is 12.1 Å². The van der Waals surface area contributed by atoms with Crippen LogP contribution in [-0.4, -0.2) is 44.0 Å². The molecule has 8 heteroatoms. The van der Waals surface area contributed by atoms with Crippen LogP contribution in [0.3, 0.4) is 0 Å². The Morgan fingerprint density at radius 3 is 2.77 bits per heavy atom. The summed E-state index contributed by atoms with van der Waals surface area (Å²) >= 11 is 6.01. The minimum absolute atomic E-state index is 0.0597. The molecule has 0 bridgehead atoms. The van der Waals surface area contributed by atoms with Gasteiger partial charge in [0.15, 0.2) is 0 Å². The van der Waals surface area contributed by atoms with Crippen molar-refractivity contribution in [2.75, 3.05) is 33.0 Å². The van der Waals surface area contributed by atoms with E-state index in [9.17, 15) is 4.79 Å². The van der Waals surface area contributed by atoms with Gasteiger partial charge in [0.25, 0.3) is 5.91 Å². The topological polar surface area (TPSA) is 89.1 Å². The number of hydroxylamine groups is 1. The maximum atomic E-state index is 13.1. The second-order valence-electron chi connectivity index (χ2n) is 6.49. The van der Waals surface area contributed by atoms with Gasteiger partial charge in [-0.1, -0.05) is 35.9 Å². The van der Waals surface area contributed by atoms with Crippen molar-refractivity contribution in [1.29, 1.82) is 0 Å². The van der Waals surface area contributed by atoms with Gasteiger partial charge in [-0.25, -0.2) is 0 Å². The van der Waals surface area contributed by atoms with Crippen molar-refractivity contribution in [3.8, 4) is 5.75 Å². The average Bonchev–Trinajstić information content (AvgIpc) is 3.20. The molecule has 0 aliphatic carbocycles. The van der Waals surface area contributed by atoms with Crippen LogP contribution in [0.25, 0.3) is 5.70 Å². The molecule has 2 aromatic rings. The first-order valence-electron chi connectivity index (χ1n) is 9.75. The number of nitrogens with one attached hydrogen (secondary N) is 2. The van der Waals surface area contributed by atoms with E-state index in [1.807, 2.05) is 43.3 Å². The number of carbonyl (C=O) groups excluding carboxylic acids is 1. The summed E-state index contributed by atoms with van der Waals surface area (Å²) in [6.45, 7) is 3.23. The highest BCUT2D eigenvalue weighted by Gasteiger charge is 2.34. The second-order valence-corrected chi connectivity index (χ2v) is 6.93. The summed E-state index contributed by atoms with van der Waals surface area (Å²) in [6.07, 6.45) is -0.616. The Morgan fingerprint density at radius 1 is 1.23 bits per heavy atom. The van der Waals surface area contributed by atoms with Crippen LogP contribution < -0.4 is 15.5 Å². The van der Waals surface area contributed by atoms with Gasteiger partial charge < -0.3 is 19.9 Å². The summed E-state index contributed by atoms with van der Waals surface area (Å²) in [5.74, 6) is 0.431. The van der Waals surface area contributed by atoms with Crippen molar-refractivity contribution in [3.05, 3.63) is 70.3 Å². The van der Waals surface area contributed by atoms with Crippen LogP contribution in [0.4, 0.5) is 0 Å². The molecule has 3 rings (SSSR count). The number of amides is 1. The highest BCUT2D eigenvalue weighted by atomic mass is 35.5. The molecule has 0 saturated heterocycles. The first kappa shape index (κ1) is 22.1. The SMILES string of the molecule is CCOc1cccc([C@@H]2ONC(c3ccc(Cl)cc3)=C2C(=O)NCCOCCO)c1. The third-order valence-corrected chi connectivity index (χ3v) is 4.68. The van der Waals surface area contributed by atoms with Gasteiger partial charge in [0.2, 0.25) is 0 Å². The summed E-state index contributed by atoms with van der Waals surface area (Å²) in [7, 11) is 0. The standard InChI is InChI=1S/C22H25ClN2O5/c1-2-29-18-5-3-4-16(14-18)21-19(22(27)24-10-12-28-13-11-26)20(25-30-21)15-6-8-17(23)9-7-15/h3-9,14,21,25-26H,2,10-13H2,1H3,(H,24,27)/t21-/m0/s1. The van der Waals surface area contributed by atoms with Crippen LogP contribution in [0.15, 0.2) is 54.1 Å². The number of rotatable bonds is 10. The van der Waals surface area contributed by atoms with Gasteiger partial charge in [-0.3, -0.25) is 15.1 Å². The van der Waals surface area contributed by atoms with Crippen molar-refractivity contribution in [2.24, 2.45) is 0 Å². The smallest absolute Gasteiger partial charge is 0.252 e. The zero-order valence-electron chi connectivity index (χ0n) is 16.7. The third-order valence-electron chi connectivity index (χ3n) is 4.43. The fourth-order valence-electron chi connectivity index (χ4n) is 3.09. The number of hydrogen-bond acceptors (Lipinski definition) is 6. The van der Waals surface area contributed by atoms with Crippen molar-refractivity contribution in [1.82, 2.24) is 10.8 Å². The number of aliphatic hydroxyl groups excluding tert-OH is 1. The molecular weight excluding hydrogens is 408 g/mol. The van der Waals surface area contributed by atoms with Crippen LogP contribution >= 0.6 is 11.6 Å². The maximum Gasteiger partial charge on any atom is 0.252 e. The molecule has 0 unspecified atom stereocenters. The van der Waals surface area contributed by atoms with Gasteiger partial charge in [-0.05, 0) is 36.8 Å². The lowest BCUT2D eigenvalue weighted by molar-refractivity contribution is -0.118. The maximum absolute atomic E-state index is 13.1. The molecule has 0 fully saturated rings. The van der Waals surface area contributed by atoms with E-state index >= 15 is 0 Å². The second kappa shape index (κ2) is 11.0. The van der Waals surface area contributed by atoms with Gasteiger partial charge in [-0.2, -0.15) is 0 Å². The molecule has 3 N–H and O–H groups in total. The molecule has 0 saturated carbocycles. The largest absolute Gasteiger partial charge is 0.494 e. The molecule has 1 heterocycles. The minimum atomic E-state index is -0.616. The monoisotopic (exact) mass is 432 g/mol. The number of carbonyl (C=O) groups is 1. The number of ether oxygens (including phenoxy) is 2. The highest BCUT2D eigenvalue weighted by molar-refractivity contribution is 6.30. The minimum Gasteiger partial charge on any atom is -0.494 e. The molecule has 1 aliphatic heterocycles. The Bertz CT molecular complexity index is 885. The summed E-state index contributed by atoms with van der Waals surface area (Å²) in [5.41, 5.74) is 5.51. The first-order chi connectivity index (χ1) is 14.6. The summed E-state index contributed by atoms with van der Waals surface area (Å²) < 4.78 is 10.8. The zero-order valence-corrected chi connectivity index (χ0v) is 17.4. The Kier molecular flexibility index (Phi) is 8.10. The molecule has 2 aromatic carbocycles. The fourth-order valence-corrected chi connectivity index (χ4v) is 3.22. The quantitative estimate of drug-likeness (QED) is 0.500. The van der Waals surface area contributed by atoms with Crippen LogP contribution in [0.1, 0.15) is 24.2 Å². The molecule has 30 heavy (non-hydrogen) atoms. The number of halogens is 1. The Labute approximate surface area is 180 Å². The molecule has 160 valence electrons. The van der Waals surface area contributed by atoms with Crippen molar-refractivity contribution in [3.63, 3.8) is 0 Å². The number of aliphatic hydroxyl groups is 1. The van der Waals surface area contributed by atoms with Gasteiger partial charge in [0.05, 0.1) is 37.7 Å². The van der Waals surface area contributed by atoms with Crippen LogP contribution in [0.5, 0.6) is 5.75 Å². The molecule has 1 amide bonds. The highest BCUT2D eigenvalue weighted by Crippen LogP contribution is 2.37. The van der Waals surface area contributed by atoms with E-state index in [2.05, 4.69) is 10.8 Å². The van der Waals surface area contributed by atoms with E-state index in [1.165, 1.54) is 0 Å². The molecule has 0 radical (unpaired) electrons. The van der Waals surface area contributed by atoms with Crippen molar-refractivity contribution >= 4 is 23.2 Å². The Hall–Kier alpha value is -2.58. The van der Waals surface area contributed by atoms with Gasteiger partial charge in [0, 0.05) is 17.1 Å². The van der Waals surface area contributed by atoms with Gasteiger partial charge in [0.1, 0.15) is 11.9 Å². The van der Waals surface area contributed by atoms with Crippen molar-refractivity contribution < 1.29 is 24.2 Å². The van der Waals surface area contributed by atoms with E-state index < -0.39 is 6.10 Å². The van der Waals surface area contributed by atoms with Crippen LogP contribution in [0, 0.1) is 0 Å². The predicted octanol–water partition coefficient (Wildman–Crippen LogP) is 2.85. The molecule has 0 aromatic heterocycles. The Balaban J connectivity index is 1.89. The van der Waals surface area contributed by atoms with Gasteiger partial charge in [-0.15, -0.1) is 0 Å². The Morgan fingerprint density at radius 2 is 2.03 bits per heavy atom. The molecule has 7 nitrogen and oxygen atoms in total. The van der Waals surface area contributed by atoms with Crippen molar-refractivity contribution in [2.45, 2.75) is 13.0 Å². The van der Waals surface area contributed by atoms with E-state index in [-0.39, 0.29) is 19.1 Å². The first-order valence-corrected chi connectivity index (χ1v) is 10.1. The van der Waals surface area contributed by atoms with E-state index in [4.69, 9.17) is 31.0 Å². The average molecular weight is 433 g/mol. The molecule has 1 atom stereocenters. The summed E-state index contributed by atoms with van der Waals surface area (Å²) in [6, 6.07) is 14.6. The lowest BCUT2D eigenvalue weighted by Gasteiger charge is -2.15. The fraction of sp³-hybridized carbons (Fsp3) is 0.318.